The van der Waals surface area contributed by atoms with Gasteiger partial charge in [0.15, 0.2) is 0 Å². The second-order valence-electron chi connectivity index (χ2n) is 7.71. The lowest BCUT2D eigenvalue weighted by Crippen LogP contribution is -2.39. The molecule has 0 spiro atoms. The first kappa shape index (κ1) is 19.6. The highest BCUT2D eigenvalue weighted by Crippen LogP contribution is 2.39. The number of hydrogen-bond acceptors (Lipinski definition) is 2. The Morgan fingerprint density at radius 3 is 2.74 bits per heavy atom. The first-order valence-electron chi connectivity index (χ1n) is 10.0. The lowest BCUT2D eigenvalue weighted by atomic mass is 9.96. The summed E-state index contributed by atoms with van der Waals surface area (Å²) in [6, 6.07) is 16.4. The van der Waals surface area contributed by atoms with Gasteiger partial charge in [0.25, 0.3) is 5.91 Å². The van der Waals surface area contributed by atoms with E-state index in [1.165, 1.54) is 23.8 Å². The van der Waals surface area contributed by atoms with Crippen molar-refractivity contribution in [1.82, 2.24) is 10.2 Å². The molecule has 1 unspecified atom stereocenters. The normalized spacial score (nSPS) is 17.0. The van der Waals surface area contributed by atoms with E-state index < -0.39 is 11.9 Å². The molecule has 3 aromatic carbocycles. The van der Waals surface area contributed by atoms with Crippen LogP contribution in [-0.4, -0.2) is 23.4 Å². The van der Waals surface area contributed by atoms with Gasteiger partial charge < -0.3 is 15.5 Å². The van der Waals surface area contributed by atoms with Crippen molar-refractivity contribution in [3.63, 3.8) is 0 Å². The van der Waals surface area contributed by atoms with Crippen molar-refractivity contribution in [2.24, 2.45) is 0 Å². The molecule has 0 radical (unpaired) electrons. The summed E-state index contributed by atoms with van der Waals surface area (Å²) in [6.45, 7) is 1.13. The van der Waals surface area contributed by atoms with Crippen LogP contribution in [0.25, 0.3) is 0 Å². The van der Waals surface area contributed by atoms with E-state index in [2.05, 4.69) is 16.7 Å². The molecule has 156 valence electrons. The Bertz CT molecular complexity index is 1210. The molecule has 31 heavy (non-hydrogen) atoms. The van der Waals surface area contributed by atoms with E-state index in [1.54, 1.807) is 23.1 Å². The fraction of sp³-hybridized carbons (Fsp3) is 0.167. The molecule has 0 saturated carbocycles. The van der Waals surface area contributed by atoms with E-state index in [0.717, 1.165) is 12.0 Å². The maximum Gasteiger partial charge on any atom is 0.322 e. The van der Waals surface area contributed by atoms with Gasteiger partial charge in [0.2, 0.25) is 0 Å². The fourth-order valence-corrected chi connectivity index (χ4v) is 4.52. The van der Waals surface area contributed by atoms with Crippen LogP contribution >= 0.6 is 11.6 Å². The minimum absolute atomic E-state index is 0.244. The highest BCUT2D eigenvalue weighted by molar-refractivity contribution is 6.31. The van der Waals surface area contributed by atoms with Gasteiger partial charge in [0.05, 0.1) is 6.04 Å². The molecule has 0 aromatic heterocycles. The van der Waals surface area contributed by atoms with Crippen LogP contribution in [-0.2, 0) is 13.0 Å². The van der Waals surface area contributed by atoms with Gasteiger partial charge in [-0.25, -0.2) is 9.18 Å². The molecule has 3 aromatic rings. The maximum absolute atomic E-state index is 13.9. The number of nitrogens with one attached hydrogen (secondary N) is 2. The lowest BCUT2D eigenvalue weighted by molar-refractivity contribution is 0.0960. The van der Waals surface area contributed by atoms with Crippen molar-refractivity contribution in [2.45, 2.75) is 19.0 Å². The Labute approximate surface area is 183 Å². The molecule has 0 bridgehead atoms. The summed E-state index contributed by atoms with van der Waals surface area (Å²) in [5, 5.41) is 6.15. The molecule has 5 rings (SSSR count). The standard InChI is InChI=1S/C24H19ClFN3O2/c25-19-9-8-16(26)12-18(19)22-21-17(23(30)28-22)6-3-7-20(21)27-24(31)29-11-10-14-4-1-2-5-15(14)13-29/h1-9,12,22H,10-11,13H2,(H,27,31)(H,28,30). The van der Waals surface area contributed by atoms with Gasteiger partial charge >= 0.3 is 6.03 Å². The molecule has 0 saturated heterocycles. The number of hydrogen-bond donors (Lipinski definition) is 2. The summed E-state index contributed by atoms with van der Waals surface area (Å²) < 4.78 is 13.9. The Balaban J connectivity index is 1.46. The monoisotopic (exact) mass is 435 g/mol. The lowest BCUT2D eigenvalue weighted by Gasteiger charge is -2.29. The van der Waals surface area contributed by atoms with Crippen LogP contribution in [0.15, 0.2) is 60.7 Å². The Morgan fingerprint density at radius 1 is 1.10 bits per heavy atom. The quantitative estimate of drug-likeness (QED) is 0.601. The molecular formula is C24H19ClFN3O2. The van der Waals surface area contributed by atoms with E-state index in [1.807, 2.05) is 18.2 Å². The number of urea groups is 1. The number of anilines is 1. The molecule has 2 heterocycles. The number of benzene rings is 3. The van der Waals surface area contributed by atoms with E-state index in [-0.39, 0.29) is 11.9 Å². The highest BCUT2D eigenvalue weighted by atomic mass is 35.5. The predicted octanol–water partition coefficient (Wildman–Crippen LogP) is 4.90. The van der Waals surface area contributed by atoms with E-state index >= 15 is 0 Å². The zero-order valence-electron chi connectivity index (χ0n) is 16.5. The van der Waals surface area contributed by atoms with Crippen LogP contribution in [0.2, 0.25) is 5.02 Å². The number of nitrogens with zero attached hydrogens (tertiary/aromatic N) is 1. The minimum Gasteiger partial charge on any atom is -0.341 e. The number of carbonyl (C=O) groups excluding carboxylic acids is 2. The van der Waals surface area contributed by atoms with Crippen molar-refractivity contribution in [2.75, 3.05) is 11.9 Å². The second kappa shape index (κ2) is 7.71. The molecule has 2 aliphatic rings. The van der Waals surface area contributed by atoms with Crippen LogP contribution in [0.1, 0.15) is 38.7 Å². The molecule has 3 amide bonds. The van der Waals surface area contributed by atoms with Gasteiger partial charge in [-0.2, -0.15) is 0 Å². The van der Waals surface area contributed by atoms with Crippen LogP contribution < -0.4 is 10.6 Å². The Morgan fingerprint density at radius 2 is 1.90 bits per heavy atom. The topological polar surface area (TPSA) is 61.4 Å². The van der Waals surface area contributed by atoms with E-state index in [9.17, 15) is 14.0 Å². The van der Waals surface area contributed by atoms with Crippen LogP contribution in [0, 0.1) is 5.82 Å². The highest BCUT2D eigenvalue weighted by Gasteiger charge is 2.34. The van der Waals surface area contributed by atoms with Gasteiger partial charge in [0.1, 0.15) is 5.82 Å². The van der Waals surface area contributed by atoms with Gasteiger partial charge in [0, 0.05) is 40.5 Å². The zero-order chi connectivity index (χ0) is 21.5. The average molecular weight is 436 g/mol. The first-order valence-corrected chi connectivity index (χ1v) is 10.4. The van der Waals surface area contributed by atoms with Gasteiger partial charge in [-0.15, -0.1) is 0 Å². The van der Waals surface area contributed by atoms with Crippen LogP contribution in [0.3, 0.4) is 0 Å². The molecule has 0 aliphatic carbocycles. The molecule has 7 heteroatoms. The number of rotatable bonds is 2. The fourth-order valence-electron chi connectivity index (χ4n) is 4.30. The summed E-state index contributed by atoms with van der Waals surface area (Å²) in [7, 11) is 0. The summed E-state index contributed by atoms with van der Waals surface area (Å²) in [5.74, 6) is -0.737. The number of amides is 3. The smallest absolute Gasteiger partial charge is 0.322 e. The van der Waals surface area contributed by atoms with Gasteiger partial charge in [-0.1, -0.05) is 41.9 Å². The largest absolute Gasteiger partial charge is 0.341 e. The molecule has 2 aliphatic heterocycles. The van der Waals surface area contributed by atoms with Crippen molar-refractivity contribution >= 4 is 29.2 Å². The third-order valence-electron chi connectivity index (χ3n) is 5.84. The summed E-state index contributed by atoms with van der Waals surface area (Å²) >= 11 is 6.30. The SMILES string of the molecule is O=C1NC(c2cc(F)ccc2Cl)c2c(NC(=O)N3CCc4ccccc4C3)cccc21. The third kappa shape index (κ3) is 3.53. The summed E-state index contributed by atoms with van der Waals surface area (Å²) in [6.07, 6.45) is 0.790. The van der Waals surface area contributed by atoms with Crippen LogP contribution in [0.5, 0.6) is 0 Å². The first-order chi connectivity index (χ1) is 15.0. The molecule has 2 N–H and O–H groups in total. The third-order valence-corrected chi connectivity index (χ3v) is 6.19. The van der Waals surface area contributed by atoms with Crippen molar-refractivity contribution in [1.29, 1.82) is 0 Å². The molecule has 0 fully saturated rings. The summed E-state index contributed by atoms with van der Waals surface area (Å²) in [5.41, 5.74) is 4.36. The minimum atomic E-state index is -0.649. The zero-order valence-corrected chi connectivity index (χ0v) is 17.2. The number of fused-ring (bicyclic) bond motifs is 2. The average Bonchev–Trinajstić information content (AvgIpc) is 3.12. The molecular weight excluding hydrogens is 417 g/mol. The Kier molecular flexibility index (Phi) is 4.87. The van der Waals surface area contributed by atoms with Crippen molar-refractivity contribution < 1.29 is 14.0 Å². The Hall–Kier alpha value is -3.38. The van der Waals surface area contributed by atoms with Crippen molar-refractivity contribution in [3.05, 3.63) is 99.3 Å². The van der Waals surface area contributed by atoms with E-state index in [0.29, 0.717) is 40.5 Å². The number of carbonyl (C=O) groups is 2. The van der Waals surface area contributed by atoms with Gasteiger partial charge in [-0.05, 0) is 47.9 Å². The summed E-state index contributed by atoms with van der Waals surface area (Å²) in [4.78, 5) is 27.3. The van der Waals surface area contributed by atoms with Crippen LogP contribution in [0.4, 0.5) is 14.9 Å². The van der Waals surface area contributed by atoms with Gasteiger partial charge in [-0.3, -0.25) is 4.79 Å². The maximum atomic E-state index is 13.9. The van der Waals surface area contributed by atoms with E-state index in [4.69, 9.17) is 11.6 Å². The second-order valence-corrected chi connectivity index (χ2v) is 8.12. The van der Waals surface area contributed by atoms with Crippen molar-refractivity contribution in [3.8, 4) is 0 Å². The molecule has 5 nitrogen and oxygen atoms in total. The molecule has 1 atom stereocenters. The predicted molar refractivity (Wildman–Crippen MR) is 117 cm³/mol. The number of halogens is 2.